The third-order valence-corrected chi connectivity index (χ3v) is 2.71. The molecule has 0 aromatic heterocycles. The van der Waals surface area contributed by atoms with Crippen molar-refractivity contribution in [3.05, 3.63) is 0 Å². The average molecular weight is 226 g/mol. The van der Waals surface area contributed by atoms with E-state index in [-0.39, 0.29) is 17.4 Å². The van der Waals surface area contributed by atoms with E-state index >= 15 is 0 Å². The summed E-state index contributed by atoms with van der Waals surface area (Å²) in [6.45, 7) is 8.07. The van der Waals surface area contributed by atoms with Crippen LogP contribution in [0.5, 0.6) is 0 Å². The van der Waals surface area contributed by atoms with Gasteiger partial charge in [0.05, 0.1) is 6.54 Å². The Morgan fingerprint density at radius 1 is 1.38 bits per heavy atom. The Balaban J connectivity index is 2.28. The van der Waals surface area contributed by atoms with Crippen molar-refractivity contribution in [2.24, 2.45) is 5.92 Å². The molecule has 0 spiro atoms. The molecule has 1 aliphatic heterocycles. The maximum absolute atomic E-state index is 11.7. The second kappa shape index (κ2) is 5.43. The summed E-state index contributed by atoms with van der Waals surface area (Å²) < 4.78 is 0. The van der Waals surface area contributed by atoms with E-state index in [1.54, 1.807) is 0 Å². The maximum Gasteiger partial charge on any atom is 0.234 e. The lowest BCUT2D eigenvalue weighted by molar-refractivity contribution is -0.124. The fraction of sp³-hybridized carbons (Fsp3) is 0.833. The molecule has 4 heteroatoms. The van der Waals surface area contributed by atoms with E-state index in [1.807, 2.05) is 20.8 Å². The van der Waals surface area contributed by atoms with Crippen molar-refractivity contribution in [3.8, 4) is 0 Å². The van der Waals surface area contributed by atoms with Crippen molar-refractivity contribution < 1.29 is 9.59 Å². The van der Waals surface area contributed by atoms with E-state index < -0.39 is 0 Å². The summed E-state index contributed by atoms with van der Waals surface area (Å²) in [5.41, 5.74) is -0.168. The highest BCUT2D eigenvalue weighted by molar-refractivity contribution is 5.78. The van der Waals surface area contributed by atoms with E-state index in [0.717, 1.165) is 32.2 Å². The molecule has 1 amide bonds. The first kappa shape index (κ1) is 13.2. The van der Waals surface area contributed by atoms with E-state index in [2.05, 4.69) is 10.2 Å². The van der Waals surface area contributed by atoms with Crippen LogP contribution in [0.1, 0.15) is 33.6 Å². The first-order valence-corrected chi connectivity index (χ1v) is 5.89. The van der Waals surface area contributed by atoms with E-state index in [0.29, 0.717) is 6.54 Å². The molecule has 16 heavy (non-hydrogen) atoms. The maximum atomic E-state index is 11.7. The highest BCUT2D eigenvalue weighted by Crippen LogP contribution is 2.14. The molecule has 1 saturated heterocycles. The SMILES string of the molecule is CC(C)(C)NC(=O)CN1CCC(C=O)CC1. The minimum atomic E-state index is -0.168. The zero-order valence-corrected chi connectivity index (χ0v) is 10.5. The van der Waals surface area contributed by atoms with Crippen LogP contribution >= 0.6 is 0 Å². The summed E-state index contributed by atoms with van der Waals surface area (Å²) >= 11 is 0. The van der Waals surface area contributed by atoms with Crippen molar-refractivity contribution >= 4 is 12.2 Å². The van der Waals surface area contributed by atoms with Gasteiger partial charge in [-0.2, -0.15) is 0 Å². The Morgan fingerprint density at radius 2 is 1.94 bits per heavy atom. The number of likely N-dealkylation sites (tertiary alicyclic amines) is 1. The summed E-state index contributed by atoms with van der Waals surface area (Å²) in [7, 11) is 0. The molecule has 1 aliphatic rings. The fourth-order valence-electron chi connectivity index (χ4n) is 1.91. The molecule has 0 aliphatic carbocycles. The molecule has 1 N–H and O–H groups in total. The number of nitrogens with zero attached hydrogens (tertiary/aromatic N) is 1. The molecular formula is C12H22N2O2. The third kappa shape index (κ3) is 4.75. The van der Waals surface area contributed by atoms with E-state index in [1.165, 1.54) is 0 Å². The number of aldehydes is 1. The van der Waals surface area contributed by atoms with Gasteiger partial charge in [-0.25, -0.2) is 0 Å². The largest absolute Gasteiger partial charge is 0.350 e. The van der Waals surface area contributed by atoms with Crippen LogP contribution in [-0.4, -0.2) is 42.3 Å². The average Bonchev–Trinajstić information content (AvgIpc) is 2.16. The molecule has 1 rings (SSSR count). The molecule has 1 fully saturated rings. The molecule has 0 aromatic carbocycles. The van der Waals surface area contributed by atoms with Crippen LogP contribution in [0.3, 0.4) is 0 Å². The number of rotatable bonds is 3. The van der Waals surface area contributed by atoms with Gasteiger partial charge in [-0.15, -0.1) is 0 Å². The van der Waals surface area contributed by atoms with Gasteiger partial charge < -0.3 is 10.1 Å². The van der Waals surface area contributed by atoms with Gasteiger partial charge in [0.15, 0.2) is 0 Å². The van der Waals surface area contributed by atoms with Crippen molar-refractivity contribution in [3.63, 3.8) is 0 Å². The normalized spacial score (nSPS) is 19.4. The smallest absolute Gasteiger partial charge is 0.234 e. The van der Waals surface area contributed by atoms with Crippen LogP contribution in [-0.2, 0) is 9.59 Å². The highest BCUT2D eigenvalue weighted by Gasteiger charge is 2.21. The summed E-state index contributed by atoms with van der Waals surface area (Å²) in [4.78, 5) is 24.3. The minimum absolute atomic E-state index is 0.0667. The first-order chi connectivity index (χ1) is 7.40. The Bertz CT molecular complexity index is 250. The Kier molecular flexibility index (Phi) is 4.47. The highest BCUT2D eigenvalue weighted by atomic mass is 16.2. The van der Waals surface area contributed by atoms with E-state index in [9.17, 15) is 9.59 Å². The Labute approximate surface area is 97.4 Å². The molecular weight excluding hydrogens is 204 g/mol. The van der Waals surface area contributed by atoms with Gasteiger partial charge in [0.1, 0.15) is 6.29 Å². The minimum Gasteiger partial charge on any atom is -0.350 e. The first-order valence-electron chi connectivity index (χ1n) is 5.89. The molecule has 0 unspecified atom stereocenters. The molecule has 0 aromatic rings. The van der Waals surface area contributed by atoms with Crippen molar-refractivity contribution in [1.29, 1.82) is 0 Å². The lowest BCUT2D eigenvalue weighted by Crippen LogP contribution is -2.47. The molecule has 0 atom stereocenters. The molecule has 0 radical (unpaired) electrons. The van der Waals surface area contributed by atoms with Crippen LogP contribution in [0.25, 0.3) is 0 Å². The van der Waals surface area contributed by atoms with Crippen LogP contribution in [0.4, 0.5) is 0 Å². The molecule has 0 bridgehead atoms. The van der Waals surface area contributed by atoms with Gasteiger partial charge in [-0.05, 0) is 46.7 Å². The third-order valence-electron chi connectivity index (χ3n) is 2.71. The summed E-state index contributed by atoms with van der Waals surface area (Å²) in [6, 6.07) is 0. The molecule has 1 heterocycles. The van der Waals surface area contributed by atoms with E-state index in [4.69, 9.17) is 0 Å². The van der Waals surface area contributed by atoms with Gasteiger partial charge >= 0.3 is 0 Å². The van der Waals surface area contributed by atoms with Crippen molar-refractivity contribution in [1.82, 2.24) is 10.2 Å². The predicted molar refractivity (Wildman–Crippen MR) is 63.1 cm³/mol. The number of amides is 1. The van der Waals surface area contributed by atoms with Gasteiger partial charge in [-0.1, -0.05) is 0 Å². The zero-order valence-electron chi connectivity index (χ0n) is 10.5. The number of nitrogens with one attached hydrogen (secondary N) is 1. The summed E-state index contributed by atoms with van der Waals surface area (Å²) in [6.07, 6.45) is 2.80. The predicted octanol–water partition coefficient (Wildman–Crippen LogP) is 0.812. The quantitative estimate of drug-likeness (QED) is 0.725. The monoisotopic (exact) mass is 226 g/mol. The number of carbonyl (C=O) groups excluding carboxylic acids is 2. The second-order valence-electron chi connectivity index (χ2n) is 5.55. The number of piperidine rings is 1. The van der Waals surface area contributed by atoms with Gasteiger partial charge in [0, 0.05) is 11.5 Å². The summed E-state index contributed by atoms with van der Waals surface area (Å²) in [5.74, 6) is 0.263. The van der Waals surface area contributed by atoms with Crippen LogP contribution < -0.4 is 5.32 Å². The number of carbonyl (C=O) groups is 2. The van der Waals surface area contributed by atoms with Crippen LogP contribution in [0, 0.1) is 5.92 Å². The molecule has 0 saturated carbocycles. The Hall–Kier alpha value is -0.900. The Morgan fingerprint density at radius 3 is 2.38 bits per heavy atom. The topological polar surface area (TPSA) is 49.4 Å². The lowest BCUT2D eigenvalue weighted by Gasteiger charge is -2.30. The lowest BCUT2D eigenvalue weighted by atomic mass is 9.98. The van der Waals surface area contributed by atoms with Gasteiger partial charge in [0.2, 0.25) is 5.91 Å². The molecule has 4 nitrogen and oxygen atoms in total. The summed E-state index contributed by atoms with van der Waals surface area (Å²) in [5, 5.41) is 2.94. The van der Waals surface area contributed by atoms with Crippen LogP contribution in [0.15, 0.2) is 0 Å². The second-order valence-corrected chi connectivity index (χ2v) is 5.55. The number of hydrogen-bond acceptors (Lipinski definition) is 3. The van der Waals surface area contributed by atoms with Crippen molar-refractivity contribution in [2.75, 3.05) is 19.6 Å². The number of hydrogen-bond donors (Lipinski definition) is 1. The van der Waals surface area contributed by atoms with Crippen molar-refractivity contribution in [2.45, 2.75) is 39.2 Å². The van der Waals surface area contributed by atoms with Gasteiger partial charge in [-0.3, -0.25) is 9.69 Å². The van der Waals surface area contributed by atoms with Crippen LogP contribution in [0.2, 0.25) is 0 Å². The zero-order chi connectivity index (χ0) is 12.2. The molecule has 92 valence electrons. The fourth-order valence-corrected chi connectivity index (χ4v) is 1.91. The standard InChI is InChI=1S/C12H22N2O2/c1-12(2,3)13-11(16)8-14-6-4-10(9-15)5-7-14/h9-10H,4-8H2,1-3H3,(H,13,16). The van der Waals surface area contributed by atoms with Gasteiger partial charge in [0.25, 0.3) is 0 Å².